The highest BCUT2D eigenvalue weighted by molar-refractivity contribution is 5.98. The number of hydrogen-bond donors (Lipinski definition) is 1. The zero-order valence-electron chi connectivity index (χ0n) is 11.0. The van der Waals surface area contributed by atoms with Gasteiger partial charge in [-0.1, -0.05) is 0 Å². The Labute approximate surface area is 107 Å². The van der Waals surface area contributed by atoms with Crippen LogP contribution in [-0.2, 0) is 4.74 Å². The molecule has 0 saturated carbocycles. The quantitative estimate of drug-likeness (QED) is 0.872. The van der Waals surface area contributed by atoms with Gasteiger partial charge < -0.3 is 20.1 Å². The lowest BCUT2D eigenvalue weighted by Crippen LogP contribution is -2.52. The summed E-state index contributed by atoms with van der Waals surface area (Å²) in [5.74, 6) is 1.35. The monoisotopic (exact) mass is 249 g/mol. The van der Waals surface area contributed by atoms with Gasteiger partial charge in [0.1, 0.15) is 5.75 Å². The van der Waals surface area contributed by atoms with Crippen molar-refractivity contribution in [2.45, 2.75) is 12.5 Å². The summed E-state index contributed by atoms with van der Waals surface area (Å²) in [6.07, 6.45) is 0. The minimum Gasteiger partial charge on any atom is -0.497 e. The third kappa shape index (κ3) is 2.13. The first-order valence-electron chi connectivity index (χ1n) is 5.84. The van der Waals surface area contributed by atoms with Crippen molar-refractivity contribution in [1.29, 1.82) is 0 Å². The number of rotatable bonds is 4. The molecular weight excluding hydrogens is 230 g/mol. The first-order valence-corrected chi connectivity index (χ1v) is 5.84. The predicted octanol–water partition coefficient (Wildman–Crippen LogP) is 1.24. The van der Waals surface area contributed by atoms with Crippen LogP contribution >= 0.6 is 0 Å². The van der Waals surface area contributed by atoms with Crippen LogP contribution < -0.4 is 15.4 Å². The summed E-state index contributed by atoms with van der Waals surface area (Å²) in [5, 5.41) is 0. The Morgan fingerprint density at radius 3 is 2.56 bits per heavy atom. The highest BCUT2D eigenvalue weighted by Gasteiger charge is 2.39. The number of aliphatic imine (C=N–C) groups is 1. The molecule has 0 spiro atoms. The zero-order chi connectivity index (χ0) is 13.2. The molecule has 18 heavy (non-hydrogen) atoms. The fraction of sp³-hybridized carbons (Fsp3) is 0.462. The lowest BCUT2D eigenvalue weighted by Gasteiger charge is -2.35. The Morgan fingerprint density at radius 1 is 1.33 bits per heavy atom. The summed E-state index contributed by atoms with van der Waals surface area (Å²) in [5.41, 5.74) is 6.74. The summed E-state index contributed by atoms with van der Waals surface area (Å²) >= 11 is 0. The van der Waals surface area contributed by atoms with E-state index in [1.807, 2.05) is 29.2 Å². The zero-order valence-corrected chi connectivity index (χ0v) is 11.0. The highest BCUT2D eigenvalue weighted by atomic mass is 16.5. The molecule has 2 N–H and O–H groups in total. The average molecular weight is 249 g/mol. The molecule has 0 saturated heterocycles. The number of ether oxygens (including phenoxy) is 2. The number of methoxy groups -OCH3 is 2. The third-order valence-corrected chi connectivity index (χ3v) is 3.14. The van der Waals surface area contributed by atoms with Crippen molar-refractivity contribution < 1.29 is 9.47 Å². The van der Waals surface area contributed by atoms with Crippen LogP contribution in [0.15, 0.2) is 29.3 Å². The fourth-order valence-electron chi connectivity index (χ4n) is 2.27. The van der Waals surface area contributed by atoms with E-state index in [0.29, 0.717) is 19.1 Å². The lowest BCUT2D eigenvalue weighted by atomic mass is 10.0. The van der Waals surface area contributed by atoms with Crippen molar-refractivity contribution in [3.8, 4) is 5.75 Å². The minimum absolute atomic E-state index is 0.229. The average Bonchev–Trinajstić information content (AvgIpc) is 2.66. The first-order chi connectivity index (χ1) is 8.60. The van der Waals surface area contributed by atoms with Crippen LogP contribution in [0.4, 0.5) is 5.69 Å². The van der Waals surface area contributed by atoms with Gasteiger partial charge in [0.15, 0.2) is 5.96 Å². The van der Waals surface area contributed by atoms with Gasteiger partial charge in [0, 0.05) is 12.8 Å². The molecule has 0 amide bonds. The van der Waals surface area contributed by atoms with E-state index in [0.717, 1.165) is 11.4 Å². The van der Waals surface area contributed by atoms with E-state index in [-0.39, 0.29) is 5.54 Å². The van der Waals surface area contributed by atoms with E-state index in [4.69, 9.17) is 15.2 Å². The van der Waals surface area contributed by atoms with E-state index in [2.05, 4.69) is 11.9 Å². The molecule has 1 heterocycles. The Bertz CT molecular complexity index is 444. The van der Waals surface area contributed by atoms with Crippen LogP contribution in [0, 0.1) is 0 Å². The Kier molecular flexibility index (Phi) is 3.43. The topological polar surface area (TPSA) is 60.1 Å². The van der Waals surface area contributed by atoms with Gasteiger partial charge in [-0.15, -0.1) is 0 Å². The van der Waals surface area contributed by atoms with Crippen LogP contribution in [0.2, 0.25) is 0 Å². The van der Waals surface area contributed by atoms with Crippen LogP contribution in [0.5, 0.6) is 5.75 Å². The molecule has 1 aromatic carbocycles. The number of hydrogen-bond acceptors (Lipinski definition) is 5. The summed E-state index contributed by atoms with van der Waals surface area (Å²) in [4.78, 5) is 6.33. The van der Waals surface area contributed by atoms with Crippen molar-refractivity contribution in [2.75, 3.05) is 32.3 Å². The van der Waals surface area contributed by atoms with E-state index in [9.17, 15) is 0 Å². The van der Waals surface area contributed by atoms with Gasteiger partial charge in [-0.05, 0) is 31.2 Å². The molecule has 0 aliphatic carbocycles. The van der Waals surface area contributed by atoms with Crippen LogP contribution in [0.3, 0.4) is 0 Å². The second kappa shape index (κ2) is 4.86. The molecular formula is C13H19N3O2. The van der Waals surface area contributed by atoms with Crippen molar-refractivity contribution >= 4 is 11.6 Å². The molecule has 0 bridgehead atoms. The maximum absolute atomic E-state index is 5.98. The van der Waals surface area contributed by atoms with E-state index < -0.39 is 0 Å². The highest BCUT2D eigenvalue weighted by Crippen LogP contribution is 2.30. The van der Waals surface area contributed by atoms with E-state index >= 15 is 0 Å². The minimum atomic E-state index is -0.229. The second-order valence-corrected chi connectivity index (χ2v) is 4.64. The van der Waals surface area contributed by atoms with Gasteiger partial charge in [0.05, 0.1) is 25.8 Å². The van der Waals surface area contributed by atoms with Crippen LogP contribution in [0.25, 0.3) is 0 Å². The maximum Gasteiger partial charge on any atom is 0.196 e. The van der Waals surface area contributed by atoms with E-state index in [1.54, 1.807) is 14.2 Å². The fourth-order valence-corrected chi connectivity index (χ4v) is 2.27. The number of anilines is 1. The van der Waals surface area contributed by atoms with Crippen molar-refractivity contribution in [3.05, 3.63) is 24.3 Å². The van der Waals surface area contributed by atoms with Gasteiger partial charge in [-0.25, -0.2) is 0 Å². The second-order valence-electron chi connectivity index (χ2n) is 4.64. The van der Waals surface area contributed by atoms with Gasteiger partial charge in [-0.2, -0.15) is 0 Å². The molecule has 5 nitrogen and oxygen atoms in total. The van der Waals surface area contributed by atoms with Gasteiger partial charge >= 0.3 is 0 Å². The van der Waals surface area contributed by atoms with Gasteiger partial charge in [0.2, 0.25) is 0 Å². The summed E-state index contributed by atoms with van der Waals surface area (Å²) < 4.78 is 10.4. The molecule has 1 unspecified atom stereocenters. The third-order valence-electron chi connectivity index (χ3n) is 3.14. The Balaban J connectivity index is 2.30. The molecule has 1 aliphatic rings. The molecule has 2 rings (SSSR count). The normalized spacial score (nSPS) is 23.1. The van der Waals surface area contributed by atoms with Crippen molar-refractivity contribution in [3.63, 3.8) is 0 Å². The predicted molar refractivity (Wildman–Crippen MR) is 72.2 cm³/mol. The Hall–Kier alpha value is -1.75. The smallest absolute Gasteiger partial charge is 0.196 e. The summed E-state index contributed by atoms with van der Waals surface area (Å²) in [6, 6.07) is 7.77. The Morgan fingerprint density at radius 2 is 2.00 bits per heavy atom. The van der Waals surface area contributed by atoms with Crippen molar-refractivity contribution in [1.82, 2.24) is 0 Å². The molecule has 1 atom stereocenters. The van der Waals surface area contributed by atoms with Gasteiger partial charge in [0.25, 0.3) is 0 Å². The maximum atomic E-state index is 5.98. The summed E-state index contributed by atoms with van der Waals surface area (Å²) in [7, 11) is 3.34. The molecule has 5 heteroatoms. The number of benzene rings is 1. The lowest BCUT2D eigenvalue weighted by molar-refractivity contribution is 0.149. The molecule has 1 aliphatic heterocycles. The van der Waals surface area contributed by atoms with Crippen LogP contribution in [0.1, 0.15) is 6.92 Å². The standard InChI is InChI=1S/C13H19N3O2/c1-13(9-17-2)8-15-12(14)16(13)10-4-6-11(18-3)7-5-10/h4-7H,8-9H2,1-3H3,(H2,14,15). The largest absolute Gasteiger partial charge is 0.497 e. The molecule has 0 radical (unpaired) electrons. The summed E-state index contributed by atoms with van der Waals surface area (Å²) in [6.45, 7) is 3.30. The molecule has 0 aromatic heterocycles. The SMILES string of the molecule is COCC1(C)CN=C(N)N1c1ccc(OC)cc1. The van der Waals surface area contributed by atoms with Crippen molar-refractivity contribution in [2.24, 2.45) is 10.7 Å². The molecule has 0 fully saturated rings. The van der Waals surface area contributed by atoms with Crippen LogP contribution in [-0.4, -0.2) is 38.9 Å². The molecule has 1 aromatic rings. The van der Waals surface area contributed by atoms with Gasteiger partial charge in [-0.3, -0.25) is 4.99 Å². The molecule has 98 valence electrons. The number of nitrogens with two attached hydrogens (primary N) is 1. The number of guanidine groups is 1. The first kappa shape index (κ1) is 12.7. The number of nitrogens with zero attached hydrogens (tertiary/aromatic N) is 2. The van der Waals surface area contributed by atoms with E-state index in [1.165, 1.54) is 0 Å².